The van der Waals surface area contributed by atoms with E-state index in [1.807, 2.05) is 24.3 Å². The second-order valence-corrected chi connectivity index (χ2v) is 9.60. The summed E-state index contributed by atoms with van der Waals surface area (Å²) in [5, 5.41) is 17.1. The SMILES string of the molecule is O=[N+]([O-])c1ccccc1SN[C@@H](NC(=S)Nc1ccc(Br)cc1)C(Cl)(Cl)Cl. The van der Waals surface area contributed by atoms with Crippen LogP contribution >= 0.6 is 74.9 Å². The molecule has 0 bridgehead atoms. The molecular weight excluding hydrogens is 519 g/mol. The molecule has 3 N–H and O–H groups in total. The van der Waals surface area contributed by atoms with Crippen molar-refractivity contribution in [2.45, 2.75) is 14.9 Å². The summed E-state index contributed by atoms with van der Waals surface area (Å²) in [5.41, 5.74) is 0.679. The van der Waals surface area contributed by atoms with Gasteiger partial charge in [-0.2, -0.15) is 0 Å². The van der Waals surface area contributed by atoms with Gasteiger partial charge in [-0.1, -0.05) is 62.9 Å². The molecule has 12 heteroatoms. The Morgan fingerprint density at radius 2 is 1.81 bits per heavy atom. The maximum absolute atomic E-state index is 11.1. The minimum Gasteiger partial charge on any atom is -0.343 e. The summed E-state index contributed by atoms with van der Waals surface area (Å²) >= 11 is 27.6. The van der Waals surface area contributed by atoms with E-state index in [9.17, 15) is 10.1 Å². The van der Waals surface area contributed by atoms with Crippen molar-refractivity contribution in [2.24, 2.45) is 0 Å². The van der Waals surface area contributed by atoms with Gasteiger partial charge in [-0.3, -0.25) is 10.1 Å². The van der Waals surface area contributed by atoms with Crippen molar-refractivity contribution in [3.05, 3.63) is 63.1 Å². The van der Waals surface area contributed by atoms with Gasteiger partial charge in [0.05, 0.1) is 4.92 Å². The number of anilines is 1. The molecule has 0 heterocycles. The van der Waals surface area contributed by atoms with E-state index in [1.54, 1.807) is 18.2 Å². The molecule has 27 heavy (non-hydrogen) atoms. The Morgan fingerprint density at radius 3 is 2.41 bits per heavy atom. The Kier molecular flexibility index (Phi) is 8.41. The molecule has 0 unspecified atom stereocenters. The Balaban J connectivity index is 2.04. The second kappa shape index (κ2) is 10.1. The molecule has 2 aromatic rings. The normalized spacial score (nSPS) is 12.3. The quantitative estimate of drug-likeness (QED) is 0.111. The summed E-state index contributed by atoms with van der Waals surface area (Å²) in [6.45, 7) is 0. The standard InChI is InChI=1S/C15H12BrCl3N4O2S2/c16-9-5-7-10(8-6-9)20-14(26)21-13(15(17,18)19)22-27-12-4-2-1-3-11(12)23(24)25/h1-8,13,22H,(H2,20,21,26)/t13-/m1/s1. The highest BCUT2D eigenvalue weighted by atomic mass is 79.9. The number of nitrogens with one attached hydrogen (secondary N) is 3. The van der Waals surface area contributed by atoms with Gasteiger partial charge in [-0.05, 0) is 54.5 Å². The van der Waals surface area contributed by atoms with Crippen LogP contribution in [0.5, 0.6) is 0 Å². The van der Waals surface area contributed by atoms with Crippen LogP contribution in [0.4, 0.5) is 11.4 Å². The van der Waals surface area contributed by atoms with E-state index < -0.39 is 14.9 Å². The van der Waals surface area contributed by atoms with E-state index in [4.69, 9.17) is 47.0 Å². The van der Waals surface area contributed by atoms with Crippen LogP contribution in [0.3, 0.4) is 0 Å². The Morgan fingerprint density at radius 1 is 1.19 bits per heavy atom. The minimum atomic E-state index is -1.78. The van der Waals surface area contributed by atoms with Gasteiger partial charge < -0.3 is 10.6 Å². The number of alkyl halides is 3. The highest BCUT2D eigenvalue weighted by Crippen LogP contribution is 2.33. The fourth-order valence-electron chi connectivity index (χ4n) is 1.83. The lowest BCUT2D eigenvalue weighted by atomic mass is 10.3. The summed E-state index contributed by atoms with van der Waals surface area (Å²) in [6, 6.07) is 13.6. The number of hydrogen-bond acceptors (Lipinski definition) is 5. The minimum absolute atomic E-state index is 0.0615. The van der Waals surface area contributed by atoms with Crippen molar-refractivity contribution in [3.8, 4) is 0 Å². The van der Waals surface area contributed by atoms with Crippen molar-refractivity contribution >= 4 is 91.4 Å². The lowest BCUT2D eigenvalue weighted by Gasteiger charge is -2.27. The summed E-state index contributed by atoms with van der Waals surface area (Å²) in [4.78, 5) is 11.0. The number of thiocarbonyl (C=S) groups is 1. The molecule has 0 aliphatic carbocycles. The molecule has 6 nitrogen and oxygen atoms in total. The Bertz CT molecular complexity index is 821. The van der Waals surface area contributed by atoms with Crippen molar-refractivity contribution < 1.29 is 4.92 Å². The van der Waals surface area contributed by atoms with Crippen LogP contribution in [0.1, 0.15) is 0 Å². The van der Waals surface area contributed by atoms with Crippen LogP contribution in [0.2, 0.25) is 0 Å². The van der Waals surface area contributed by atoms with E-state index in [2.05, 4.69) is 31.3 Å². The van der Waals surface area contributed by atoms with Crippen molar-refractivity contribution in [2.75, 3.05) is 5.32 Å². The zero-order valence-corrected chi connectivity index (χ0v) is 18.8. The number of para-hydroxylation sites is 1. The topological polar surface area (TPSA) is 79.2 Å². The number of rotatable bonds is 6. The van der Waals surface area contributed by atoms with E-state index in [-0.39, 0.29) is 10.8 Å². The molecule has 144 valence electrons. The van der Waals surface area contributed by atoms with Gasteiger partial charge in [0, 0.05) is 16.2 Å². The van der Waals surface area contributed by atoms with Gasteiger partial charge >= 0.3 is 0 Å². The maximum Gasteiger partial charge on any atom is 0.284 e. The monoisotopic (exact) mass is 528 g/mol. The summed E-state index contributed by atoms with van der Waals surface area (Å²) in [5.74, 6) is 0. The molecular formula is C15H12BrCl3N4O2S2. The number of nitro groups is 1. The highest BCUT2D eigenvalue weighted by Gasteiger charge is 2.34. The number of halogens is 4. The Labute approximate surface area is 188 Å². The van der Waals surface area contributed by atoms with Gasteiger partial charge in [0.25, 0.3) is 5.69 Å². The molecule has 2 aromatic carbocycles. The summed E-state index contributed by atoms with van der Waals surface area (Å²) in [7, 11) is 0. The first kappa shape index (κ1) is 22.5. The average Bonchev–Trinajstić information content (AvgIpc) is 2.59. The van der Waals surface area contributed by atoms with Crippen molar-refractivity contribution in [1.82, 2.24) is 10.0 Å². The molecule has 0 saturated carbocycles. The van der Waals surface area contributed by atoms with Crippen LogP contribution < -0.4 is 15.4 Å². The predicted octanol–water partition coefficient (Wildman–Crippen LogP) is 5.64. The van der Waals surface area contributed by atoms with Crippen molar-refractivity contribution in [1.29, 1.82) is 0 Å². The molecule has 0 aliphatic rings. The highest BCUT2D eigenvalue weighted by molar-refractivity contribution is 9.10. The van der Waals surface area contributed by atoms with Gasteiger partial charge in [0.1, 0.15) is 11.1 Å². The van der Waals surface area contributed by atoms with E-state index >= 15 is 0 Å². The fourth-order valence-corrected chi connectivity index (χ4v) is 3.72. The zero-order valence-electron chi connectivity index (χ0n) is 13.3. The molecule has 0 amide bonds. The number of hydrogen-bond donors (Lipinski definition) is 3. The van der Waals surface area contributed by atoms with Crippen molar-refractivity contribution in [3.63, 3.8) is 0 Å². The van der Waals surface area contributed by atoms with Crippen LogP contribution in [0.15, 0.2) is 57.9 Å². The lowest BCUT2D eigenvalue weighted by molar-refractivity contribution is -0.387. The first-order chi connectivity index (χ1) is 12.7. The molecule has 0 spiro atoms. The number of benzene rings is 2. The van der Waals surface area contributed by atoms with Crippen LogP contribution in [-0.2, 0) is 0 Å². The van der Waals surface area contributed by atoms with E-state index in [1.165, 1.54) is 6.07 Å². The predicted molar refractivity (Wildman–Crippen MR) is 120 cm³/mol. The van der Waals surface area contributed by atoms with Gasteiger partial charge in [0.15, 0.2) is 5.11 Å². The summed E-state index contributed by atoms with van der Waals surface area (Å²) in [6.07, 6.45) is -0.928. The third-order valence-electron chi connectivity index (χ3n) is 3.05. The van der Waals surface area contributed by atoms with E-state index in [0.717, 1.165) is 22.1 Å². The molecule has 0 radical (unpaired) electrons. The first-order valence-electron chi connectivity index (χ1n) is 7.22. The molecule has 0 aromatic heterocycles. The van der Waals surface area contributed by atoms with Gasteiger partial charge in [-0.15, -0.1) is 0 Å². The van der Waals surface area contributed by atoms with Crippen LogP contribution in [0, 0.1) is 10.1 Å². The molecule has 0 saturated heterocycles. The smallest absolute Gasteiger partial charge is 0.284 e. The second-order valence-electron chi connectivity index (χ2n) is 5.02. The summed E-state index contributed by atoms with van der Waals surface area (Å²) < 4.78 is 2.02. The number of nitro benzene ring substituents is 1. The average molecular weight is 531 g/mol. The zero-order chi connectivity index (χ0) is 20.0. The molecule has 2 rings (SSSR count). The first-order valence-corrected chi connectivity index (χ1v) is 10.4. The van der Waals surface area contributed by atoms with E-state index in [0.29, 0.717) is 4.90 Å². The van der Waals surface area contributed by atoms with Gasteiger partial charge in [0.2, 0.25) is 3.79 Å². The molecule has 0 fully saturated rings. The third-order valence-corrected chi connectivity index (χ3v) is 5.38. The third kappa shape index (κ3) is 7.26. The van der Waals surface area contributed by atoms with Gasteiger partial charge in [-0.25, -0.2) is 4.72 Å². The van der Waals surface area contributed by atoms with Crippen LogP contribution in [-0.4, -0.2) is 20.0 Å². The lowest BCUT2D eigenvalue weighted by Crippen LogP contribution is -2.52. The largest absolute Gasteiger partial charge is 0.343 e. The molecule has 1 atom stereocenters. The maximum atomic E-state index is 11.1. The number of nitrogens with zero attached hydrogens (tertiary/aromatic N) is 1. The Hall–Kier alpha value is -0.810. The molecule has 0 aliphatic heterocycles. The van der Waals surface area contributed by atoms with Crippen LogP contribution in [0.25, 0.3) is 0 Å². The fraction of sp³-hybridized carbons (Fsp3) is 0.133.